The van der Waals surface area contributed by atoms with Crippen molar-refractivity contribution >= 4 is 29.0 Å². The molecule has 2 aromatic carbocycles. The molecule has 0 fully saturated rings. The summed E-state index contributed by atoms with van der Waals surface area (Å²) in [5.74, 6) is -3.94. The molecule has 2 unspecified atom stereocenters. The largest absolute Gasteiger partial charge is 0.485 e. The van der Waals surface area contributed by atoms with E-state index in [0.29, 0.717) is 11.4 Å². The third-order valence-electron chi connectivity index (χ3n) is 5.01. The smallest absolute Gasteiger partial charge is 0.306 e. The molecule has 1 N–H and O–H groups in total. The van der Waals surface area contributed by atoms with Crippen molar-refractivity contribution in [2.24, 2.45) is 11.0 Å². The van der Waals surface area contributed by atoms with Gasteiger partial charge in [0.05, 0.1) is 17.6 Å². The summed E-state index contributed by atoms with van der Waals surface area (Å²) in [5, 5.41) is 16.0. The molecule has 0 bridgehead atoms. The van der Waals surface area contributed by atoms with E-state index < -0.39 is 29.3 Å². The number of hydrogen-bond donors (Lipinski definition) is 1. The minimum absolute atomic E-state index is 0.0319. The van der Waals surface area contributed by atoms with Gasteiger partial charge in [-0.1, -0.05) is 25.4 Å². The van der Waals surface area contributed by atoms with Crippen molar-refractivity contribution < 1.29 is 23.4 Å². The zero-order valence-electron chi connectivity index (χ0n) is 16.7. The normalized spacial score (nSPS) is 17.0. The van der Waals surface area contributed by atoms with Crippen molar-refractivity contribution in [2.75, 3.05) is 11.6 Å². The van der Waals surface area contributed by atoms with Gasteiger partial charge < -0.3 is 9.84 Å². The molecular weight excluding hydrogens is 414 g/mol. The van der Waals surface area contributed by atoms with Crippen LogP contribution in [-0.2, 0) is 11.2 Å². The van der Waals surface area contributed by atoms with Crippen molar-refractivity contribution in [2.45, 2.75) is 39.2 Å². The van der Waals surface area contributed by atoms with E-state index in [1.165, 1.54) is 6.92 Å². The van der Waals surface area contributed by atoms with Crippen LogP contribution in [0.3, 0.4) is 0 Å². The van der Waals surface area contributed by atoms with Gasteiger partial charge in [-0.3, -0.25) is 9.80 Å². The van der Waals surface area contributed by atoms with Crippen LogP contribution in [0.2, 0.25) is 5.02 Å². The first kappa shape index (κ1) is 22.0. The SMILES string of the molecule is CCC1=NN(c2ccc(Cl)cc2)C(COc2c(F)cc(CC(C)C(=O)O)cc2F)C1. The van der Waals surface area contributed by atoms with Crippen molar-refractivity contribution in [3.63, 3.8) is 0 Å². The number of benzene rings is 2. The number of nitrogens with zero attached hydrogens (tertiary/aromatic N) is 2. The second-order valence-corrected chi connectivity index (χ2v) is 7.78. The van der Waals surface area contributed by atoms with E-state index in [4.69, 9.17) is 21.4 Å². The van der Waals surface area contributed by atoms with Gasteiger partial charge in [0, 0.05) is 17.2 Å². The number of hydrogen-bond acceptors (Lipinski definition) is 4. The lowest BCUT2D eigenvalue weighted by Gasteiger charge is -2.24. The first-order valence-electron chi connectivity index (χ1n) is 9.73. The van der Waals surface area contributed by atoms with Crippen LogP contribution in [0.4, 0.5) is 14.5 Å². The molecule has 8 heteroatoms. The van der Waals surface area contributed by atoms with E-state index in [-0.39, 0.29) is 24.6 Å². The lowest BCUT2D eigenvalue weighted by molar-refractivity contribution is -0.141. The van der Waals surface area contributed by atoms with Gasteiger partial charge in [-0.25, -0.2) is 8.78 Å². The average molecular weight is 437 g/mol. The molecule has 2 aromatic rings. The summed E-state index contributed by atoms with van der Waals surface area (Å²) >= 11 is 5.95. The number of carboxylic acids is 1. The molecular formula is C22H23ClF2N2O3. The van der Waals surface area contributed by atoms with Crippen molar-refractivity contribution in [3.05, 3.63) is 58.6 Å². The molecule has 30 heavy (non-hydrogen) atoms. The highest BCUT2D eigenvalue weighted by Gasteiger charge is 2.28. The predicted molar refractivity (Wildman–Crippen MR) is 112 cm³/mol. The zero-order valence-corrected chi connectivity index (χ0v) is 17.5. The second kappa shape index (κ2) is 9.43. The summed E-state index contributed by atoms with van der Waals surface area (Å²) in [4.78, 5) is 11.0. The Hall–Kier alpha value is -2.67. The highest BCUT2D eigenvalue weighted by molar-refractivity contribution is 6.30. The first-order chi connectivity index (χ1) is 14.3. The molecule has 1 aliphatic heterocycles. The van der Waals surface area contributed by atoms with E-state index in [1.54, 1.807) is 17.1 Å². The Bertz CT molecular complexity index is 927. The fraction of sp³-hybridized carbons (Fsp3) is 0.364. The number of halogens is 3. The summed E-state index contributed by atoms with van der Waals surface area (Å²) in [6.07, 6.45) is 1.42. The molecule has 5 nitrogen and oxygen atoms in total. The van der Waals surface area contributed by atoms with Crippen LogP contribution in [0.15, 0.2) is 41.5 Å². The fourth-order valence-electron chi connectivity index (χ4n) is 3.33. The number of aliphatic carboxylic acids is 1. The highest BCUT2D eigenvalue weighted by atomic mass is 35.5. The van der Waals surface area contributed by atoms with Gasteiger partial charge in [-0.15, -0.1) is 0 Å². The third kappa shape index (κ3) is 5.08. The highest BCUT2D eigenvalue weighted by Crippen LogP contribution is 2.29. The molecule has 0 aliphatic carbocycles. The van der Waals surface area contributed by atoms with Crippen LogP contribution in [-0.4, -0.2) is 29.4 Å². The Balaban J connectivity index is 1.73. The van der Waals surface area contributed by atoms with Crippen molar-refractivity contribution in [1.29, 1.82) is 0 Å². The average Bonchev–Trinajstić information content (AvgIpc) is 3.11. The van der Waals surface area contributed by atoms with Gasteiger partial charge in [-0.2, -0.15) is 5.10 Å². The fourth-order valence-corrected chi connectivity index (χ4v) is 3.45. The van der Waals surface area contributed by atoms with Gasteiger partial charge in [0.25, 0.3) is 0 Å². The van der Waals surface area contributed by atoms with E-state index >= 15 is 0 Å². The Morgan fingerprint density at radius 3 is 2.50 bits per heavy atom. The van der Waals surface area contributed by atoms with E-state index in [0.717, 1.165) is 30.0 Å². The summed E-state index contributed by atoms with van der Waals surface area (Å²) in [6.45, 7) is 3.52. The van der Waals surface area contributed by atoms with E-state index in [2.05, 4.69) is 5.10 Å². The second-order valence-electron chi connectivity index (χ2n) is 7.34. The summed E-state index contributed by atoms with van der Waals surface area (Å²) in [5.41, 5.74) is 2.06. The molecule has 160 valence electrons. The molecule has 1 aliphatic rings. The molecule has 0 saturated carbocycles. The van der Waals surface area contributed by atoms with Crippen LogP contribution in [0.25, 0.3) is 0 Å². The van der Waals surface area contributed by atoms with Crippen LogP contribution in [0, 0.1) is 17.6 Å². The molecule has 0 saturated heterocycles. The minimum atomic E-state index is -1.02. The molecule has 0 amide bonds. The van der Waals surface area contributed by atoms with Gasteiger partial charge in [0.15, 0.2) is 17.4 Å². The Morgan fingerprint density at radius 2 is 1.93 bits per heavy atom. The first-order valence-corrected chi connectivity index (χ1v) is 10.1. The van der Waals surface area contributed by atoms with Crippen LogP contribution in [0.1, 0.15) is 32.3 Å². The van der Waals surface area contributed by atoms with Crippen LogP contribution < -0.4 is 9.75 Å². The maximum absolute atomic E-state index is 14.5. The van der Waals surface area contributed by atoms with Crippen LogP contribution >= 0.6 is 11.6 Å². The van der Waals surface area contributed by atoms with Gasteiger partial charge in [0.1, 0.15) is 6.61 Å². The number of hydrazone groups is 1. The standard InChI is InChI=1S/C22H23ClF2N2O3/c1-3-16-11-18(27(26-16)17-6-4-15(23)5-7-17)12-30-21-19(24)9-14(10-20(21)25)8-13(2)22(28)29/h4-7,9-10,13,18H,3,8,11-12H2,1-2H3,(H,28,29). The van der Waals surface area contributed by atoms with Crippen LogP contribution in [0.5, 0.6) is 5.75 Å². The summed E-state index contributed by atoms with van der Waals surface area (Å²) in [6, 6.07) is 9.20. The monoisotopic (exact) mass is 436 g/mol. The minimum Gasteiger partial charge on any atom is -0.485 e. The van der Waals surface area contributed by atoms with Gasteiger partial charge in [0.2, 0.25) is 0 Å². The van der Waals surface area contributed by atoms with Gasteiger partial charge >= 0.3 is 5.97 Å². The lowest BCUT2D eigenvalue weighted by Crippen LogP contribution is -2.32. The molecule has 0 spiro atoms. The molecule has 3 rings (SSSR count). The van der Waals surface area contributed by atoms with Gasteiger partial charge in [-0.05, 0) is 54.8 Å². The number of carbonyl (C=O) groups is 1. The van der Waals surface area contributed by atoms with E-state index in [9.17, 15) is 13.6 Å². The van der Waals surface area contributed by atoms with E-state index in [1.807, 2.05) is 19.1 Å². The number of carboxylic acid groups (broad SMARTS) is 1. The predicted octanol–water partition coefficient (Wildman–Crippen LogP) is 5.31. The maximum Gasteiger partial charge on any atom is 0.306 e. The maximum atomic E-state index is 14.5. The number of rotatable bonds is 8. The molecule has 2 atom stereocenters. The topological polar surface area (TPSA) is 62.1 Å². The molecule has 1 heterocycles. The Labute approximate surface area is 178 Å². The summed E-state index contributed by atoms with van der Waals surface area (Å²) < 4.78 is 34.5. The quantitative estimate of drug-likeness (QED) is 0.609. The Kier molecular flexibility index (Phi) is 6.92. The van der Waals surface area contributed by atoms with Crippen molar-refractivity contribution in [1.82, 2.24) is 0 Å². The summed E-state index contributed by atoms with van der Waals surface area (Å²) in [7, 11) is 0. The van der Waals surface area contributed by atoms with Crippen molar-refractivity contribution in [3.8, 4) is 5.75 Å². The zero-order chi connectivity index (χ0) is 21.8. The lowest BCUT2D eigenvalue weighted by atomic mass is 10.0. The number of ether oxygens (including phenoxy) is 1. The molecule has 0 radical (unpaired) electrons. The Morgan fingerprint density at radius 1 is 1.30 bits per heavy atom. The third-order valence-corrected chi connectivity index (χ3v) is 5.26. The number of anilines is 1. The molecule has 0 aromatic heterocycles.